The van der Waals surface area contributed by atoms with Crippen LogP contribution in [-0.2, 0) is 6.54 Å². The number of fused-ring (bicyclic) bond motifs is 1. The number of carbonyl (C=O) groups excluding carboxylic acids is 1. The van der Waals surface area contributed by atoms with Crippen molar-refractivity contribution in [3.8, 4) is 17.3 Å². The number of nitrogens with one attached hydrogen (secondary N) is 2. The Morgan fingerprint density at radius 3 is 2.48 bits per heavy atom. The third-order valence-electron chi connectivity index (χ3n) is 6.70. The molecule has 10 heteroatoms. The van der Waals surface area contributed by atoms with Gasteiger partial charge in [0.15, 0.2) is 5.43 Å². The van der Waals surface area contributed by atoms with Crippen LogP contribution in [0.1, 0.15) is 22.7 Å². The van der Waals surface area contributed by atoms with Crippen LogP contribution in [0, 0.1) is 0 Å². The predicted molar refractivity (Wildman–Crippen MR) is 159 cm³/mol. The van der Waals surface area contributed by atoms with Gasteiger partial charge in [-0.15, -0.1) is 0 Å². The van der Waals surface area contributed by atoms with Crippen LogP contribution in [-0.4, -0.2) is 20.6 Å². The van der Waals surface area contributed by atoms with E-state index in [9.17, 15) is 14.4 Å². The highest BCUT2D eigenvalue weighted by molar-refractivity contribution is 6.31. The Morgan fingerprint density at radius 2 is 1.76 bits per heavy atom. The number of pyridine rings is 2. The molecular formula is C32H23ClN4O5. The number of hydrogen-bond acceptors (Lipinski definition) is 6. The zero-order chi connectivity index (χ0) is 29.1. The molecule has 0 saturated heterocycles. The molecule has 0 fully saturated rings. The standard InChI is InChI=1S/C32H23ClN4O5/c33-22-11-12-24-25(17-22)35-29(31-34-14-16-41-31)27(30(24)39)28(21-9-5-2-6-10-21)36-32(40)42-23-13-15-37(26(38)18-23)19-20-7-3-1-4-8-20/h1-18,28H,19H2,(H,35,39)(H,36,40). The van der Waals surface area contributed by atoms with E-state index in [2.05, 4.69) is 15.3 Å². The van der Waals surface area contributed by atoms with Crippen molar-refractivity contribution in [2.45, 2.75) is 12.6 Å². The summed E-state index contributed by atoms with van der Waals surface area (Å²) < 4.78 is 12.6. The summed E-state index contributed by atoms with van der Waals surface area (Å²) in [6.07, 6.45) is 3.54. The van der Waals surface area contributed by atoms with Gasteiger partial charge in [-0.1, -0.05) is 72.3 Å². The lowest BCUT2D eigenvalue weighted by molar-refractivity contribution is 0.197. The lowest BCUT2D eigenvalue weighted by Crippen LogP contribution is -2.35. The van der Waals surface area contributed by atoms with Crippen molar-refractivity contribution in [1.29, 1.82) is 0 Å². The molecule has 1 amide bonds. The number of aromatic amines is 1. The number of benzene rings is 3. The topological polar surface area (TPSA) is 119 Å². The molecule has 0 aliphatic heterocycles. The van der Waals surface area contributed by atoms with Crippen LogP contribution < -0.4 is 21.0 Å². The van der Waals surface area contributed by atoms with Crippen LogP contribution in [0.15, 0.2) is 124 Å². The average molecular weight is 579 g/mol. The highest BCUT2D eigenvalue weighted by Gasteiger charge is 2.28. The predicted octanol–water partition coefficient (Wildman–Crippen LogP) is 5.92. The van der Waals surface area contributed by atoms with Gasteiger partial charge in [-0.25, -0.2) is 9.78 Å². The molecule has 0 aliphatic rings. The minimum absolute atomic E-state index is 0.0589. The lowest BCUT2D eigenvalue weighted by Gasteiger charge is -2.21. The average Bonchev–Trinajstić information content (AvgIpc) is 3.54. The number of ether oxygens (including phenoxy) is 1. The monoisotopic (exact) mass is 578 g/mol. The first-order valence-corrected chi connectivity index (χ1v) is 13.4. The van der Waals surface area contributed by atoms with Crippen molar-refractivity contribution in [2.24, 2.45) is 0 Å². The fourth-order valence-corrected chi connectivity index (χ4v) is 4.93. The number of rotatable bonds is 7. The van der Waals surface area contributed by atoms with E-state index in [1.165, 1.54) is 29.2 Å². The fourth-order valence-electron chi connectivity index (χ4n) is 4.76. The van der Waals surface area contributed by atoms with Gasteiger partial charge < -0.3 is 24.0 Å². The second-order valence-corrected chi connectivity index (χ2v) is 9.90. The number of nitrogens with zero attached hydrogens (tertiary/aromatic N) is 2. The van der Waals surface area contributed by atoms with Crippen molar-refractivity contribution in [3.63, 3.8) is 0 Å². The Balaban J connectivity index is 1.36. The summed E-state index contributed by atoms with van der Waals surface area (Å²) in [6.45, 7) is 0.377. The second-order valence-electron chi connectivity index (χ2n) is 9.46. The van der Waals surface area contributed by atoms with E-state index < -0.39 is 12.1 Å². The SMILES string of the molecule is O=C(NC(c1ccccc1)c1c(-c2ncco2)[nH]c2cc(Cl)ccc2c1=O)Oc1ccn(Cc2ccccc2)c(=O)c1. The zero-order valence-corrected chi connectivity index (χ0v) is 22.7. The van der Waals surface area contributed by atoms with Gasteiger partial charge in [0, 0.05) is 22.7 Å². The number of carbonyl (C=O) groups is 1. The van der Waals surface area contributed by atoms with Crippen molar-refractivity contribution < 1.29 is 13.9 Å². The Labute approximate surface area is 244 Å². The van der Waals surface area contributed by atoms with E-state index in [4.69, 9.17) is 20.8 Å². The third kappa shape index (κ3) is 5.59. The molecule has 6 rings (SSSR count). The molecule has 6 aromatic rings. The molecular weight excluding hydrogens is 556 g/mol. The summed E-state index contributed by atoms with van der Waals surface area (Å²) in [5, 5.41) is 3.61. The summed E-state index contributed by atoms with van der Waals surface area (Å²) in [5.74, 6) is 0.214. The molecule has 2 N–H and O–H groups in total. The van der Waals surface area contributed by atoms with Gasteiger partial charge in [-0.05, 0) is 35.4 Å². The maximum absolute atomic E-state index is 14.0. The molecule has 3 heterocycles. The van der Waals surface area contributed by atoms with Gasteiger partial charge >= 0.3 is 6.09 Å². The number of aromatic nitrogens is 3. The van der Waals surface area contributed by atoms with Crippen molar-refractivity contribution >= 4 is 28.6 Å². The van der Waals surface area contributed by atoms with Gasteiger partial charge in [0.1, 0.15) is 17.7 Å². The molecule has 3 aromatic carbocycles. The van der Waals surface area contributed by atoms with Crippen LogP contribution in [0.3, 0.4) is 0 Å². The van der Waals surface area contributed by atoms with Crippen LogP contribution in [0.5, 0.6) is 5.75 Å². The Morgan fingerprint density at radius 1 is 1.00 bits per heavy atom. The van der Waals surface area contributed by atoms with Crippen LogP contribution in [0.4, 0.5) is 4.79 Å². The van der Waals surface area contributed by atoms with Gasteiger partial charge in [0.25, 0.3) is 5.56 Å². The minimum Gasteiger partial charge on any atom is -0.443 e. The summed E-state index contributed by atoms with van der Waals surface area (Å²) >= 11 is 6.20. The van der Waals surface area contributed by atoms with Crippen molar-refractivity contribution in [1.82, 2.24) is 19.9 Å². The first-order valence-electron chi connectivity index (χ1n) is 13.0. The molecule has 0 bridgehead atoms. The molecule has 0 aliphatic carbocycles. The highest BCUT2D eigenvalue weighted by Crippen LogP contribution is 2.30. The van der Waals surface area contributed by atoms with Crippen LogP contribution in [0.2, 0.25) is 5.02 Å². The van der Waals surface area contributed by atoms with Crippen molar-refractivity contribution in [3.05, 3.63) is 152 Å². The van der Waals surface area contributed by atoms with E-state index in [1.807, 2.05) is 36.4 Å². The van der Waals surface area contributed by atoms with E-state index in [0.29, 0.717) is 28.0 Å². The summed E-state index contributed by atoms with van der Waals surface area (Å²) in [4.78, 5) is 47.4. The van der Waals surface area contributed by atoms with E-state index in [0.717, 1.165) is 5.56 Å². The van der Waals surface area contributed by atoms with E-state index >= 15 is 0 Å². The van der Waals surface area contributed by atoms with Gasteiger partial charge in [-0.3, -0.25) is 9.59 Å². The van der Waals surface area contributed by atoms with Crippen molar-refractivity contribution in [2.75, 3.05) is 0 Å². The molecule has 9 nitrogen and oxygen atoms in total. The molecule has 0 saturated carbocycles. The minimum atomic E-state index is -0.970. The van der Waals surface area contributed by atoms with E-state index in [1.54, 1.807) is 48.7 Å². The summed E-state index contributed by atoms with van der Waals surface area (Å²) in [7, 11) is 0. The summed E-state index contributed by atoms with van der Waals surface area (Å²) in [6, 6.07) is 25.2. The number of amides is 1. The summed E-state index contributed by atoms with van der Waals surface area (Å²) in [5.41, 5.74) is 1.83. The van der Waals surface area contributed by atoms with E-state index in [-0.39, 0.29) is 33.9 Å². The largest absolute Gasteiger partial charge is 0.443 e. The number of H-pyrrole nitrogens is 1. The Bertz CT molecular complexity index is 1990. The molecule has 0 radical (unpaired) electrons. The normalized spacial score (nSPS) is 11.7. The van der Waals surface area contributed by atoms with Crippen LogP contribution >= 0.6 is 11.6 Å². The second kappa shape index (κ2) is 11.6. The molecule has 3 aromatic heterocycles. The molecule has 42 heavy (non-hydrogen) atoms. The number of halogens is 1. The molecule has 1 atom stereocenters. The van der Waals surface area contributed by atoms with Crippen LogP contribution in [0.25, 0.3) is 22.5 Å². The smallest absolute Gasteiger partial charge is 0.413 e. The molecule has 1 unspecified atom stereocenters. The lowest BCUT2D eigenvalue weighted by atomic mass is 9.95. The maximum Gasteiger partial charge on any atom is 0.413 e. The molecule has 208 valence electrons. The quantitative estimate of drug-likeness (QED) is 0.242. The zero-order valence-electron chi connectivity index (χ0n) is 22.0. The maximum atomic E-state index is 14.0. The third-order valence-corrected chi connectivity index (χ3v) is 6.94. The fraction of sp³-hybridized carbons (Fsp3) is 0.0625. The molecule has 0 spiro atoms. The first-order chi connectivity index (χ1) is 20.5. The number of oxazole rings is 1. The Kier molecular flexibility index (Phi) is 7.40. The van der Waals surface area contributed by atoms with Gasteiger partial charge in [0.05, 0.1) is 29.9 Å². The first kappa shape index (κ1) is 26.8. The van der Waals surface area contributed by atoms with Gasteiger partial charge in [0.2, 0.25) is 5.89 Å². The Hall–Kier alpha value is -5.41. The van der Waals surface area contributed by atoms with Gasteiger partial charge in [-0.2, -0.15) is 0 Å². The highest BCUT2D eigenvalue weighted by atomic mass is 35.5. The number of hydrogen-bond donors (Lipinski definition) is 2.